The van der Waals surface area contributed by atoms with Gasteiger partial charge in [0.1, 0.15) is 5.75 Å². The Morgan fingerprint density at radius 3 is 2.33 bits per heavy atom. The highest BCUT2D eigenvalue weighted by molar-refractivity contribution is 7.92. The van der Waals surface area contributed by atoms with Crippen molar-refractivity contribution in [1.82, 2.24) is 5.32 Å². The van der Waals surface area contributed by atoms with E-state index in [0.29, 0.717) is 17.9 Å². The van der Waals surface area contributed by atoms with Crippen LogP contribution in [0.1, 0.15) is 48.9 Å². The van der Waals surface area contributed by atoms with Crippen LogP contribution in [0.3, 0.4) is 0 Å². The number of hydrogen-bond acceptors (Lipinski definition) is 4. The average Bonchev–Trinajstić information content (AvgIpc) is 2.69. The summed E-state index contributed by atoms with van der Waals surface area (Å²) in [5.41, 5.74) is 4.02. The molecule has 0 radical (unpaired) electrons. The molecule has 0 aliphatic heterocycles. The second kappa shape index (κ2) is 10.5. The van der Waals surface area contributed by atoms with Gasteiger partial charge in [-0.3, -0.25) is 9.10 Å². The molecule has 0 heterocycles. The van der Waals surface area contributed by atoms with Crippen molar-refractivity contribution < 1.29 is 17.9 Å². The number of hydrogen-bond donors (Lipinski definition) is 1. The van der Waals surface area contributed by atoms with E-state index in [1.807, 2.05) is 13.8 Å². The maximum absolute atomic E-state index is 12.5. The molecular formula is C23H32N2O4S. The number of anilines is 1. The first-order valence-corrected chi connectivity index (χ1v) is 12.0. The molecule has 0 fully saturated rings. The van der Waals surface area contributed by atoms with Crippen molar-refractivity contribution in [2.75, 3.05) is 24.2 Å². The first-order valence-electron chi connectivity index (χ1n) is 10.1. The predicted molar refractivity (Wildman–Crippen MR) is 122 cm³/mol. The van der Waals surface area contributed by atoms with Gasteiger partial charge >= 0.3 is 0 Å². The number of benzene rings is 2. The van der Waals surface area contributed by atoms with Crippen molar-refractivity contribution in [3.05, 3.63) is 59.2 Å². The van der Waals surface area contributed by atoms with Crippen LogP contribution in [0.15, 0.2) is 42.5 Å². The number of methoxy groups -OCH3 is 1. The number of rotatable bonds is 10. The summed E-state index contributed by atoms with van der Waals surface area (Å²) in [5.74, 6) is 0.577. The molecule has 1 amide bonds. The summed E-state index contributed by atoms with van der Waals surface area (Å²) in [6, 6.07) is 13.0. The minimum Gasteiger partial charge on any atom is -0.497 e. The zero-order valence-electron chi connectivity index (χ0n) is 18.4. The molecule has 0 saturated heterocycles. The van der Waals surface area contributed by atoms with Crippen LogP contribution >= 0.6 is 0 Å². The third-order valence-corrected chi connectivity index (χ3v) is 6.26. The largest absolute Gasteiger partial charge is 0.497 e. The summed E-state index contributed by atoms with van der Waals surface area (Å²) >= 11 is 0. The molecule has 2 aromatic carbocycles. The number of aryl methyl sites for hydroxylation is 2. The SMILES string of the molecule is CC[C@@H](NC(=O)CCCN(c1ccc(OC)cc1)S(C)(=O)=O)c1ccc(C)cc1C. The van der Waals surface area contributed by atoms with E-state index in [4.69, 9.17) is 4.74 Å². The summed E-state index contributed by atoms with van der Waals surface area (Å²) in [5, 5.41) is 3.09. The molecule has 164 valence electrons. The lowest BCUT2D eigenvalue weighted by Crippen LogP contribution is -2.33. The van der Waals surface area contributed by atoms with Gasteiger partial charge in [0.05, 0.1) is 25.1 Å². The summed E-state index contributed by atoms with van der Waals surface area (Å²) in [4.78, 5) is 12.5. The van der Waals surface area contributed by atoms with Crippen molar-refractivity contribution in [1.29, 1.82) is 0 Å². The number of sulfonamides is 1. The van der Waals surface area contributed by atoms with Crippen LogP contribution in [-0.4, -0.2) is 34.2 Å². The van der Waals surface area contributed by atoms with Crippen molar-refractivity contribution in [3.8, 4) is 5.75 Å². The minimum absolute atomic E-state index is 0.0503. The van der Waals surface area contributed by atoms with E-state index in [0.717, 1.165) is 17.5 Å². The molecule has 0 unspecified atom stereocenters. The number of amides is 1. The van der Waals surface area contributed by atoms with E-state index in [1.54, 1.807) is 31.4 Å². The van der Waals surface area contributed by atoms with E-state index < -0.39 is 10.0 Å². The maximum Gasteiger partial charge on any atom is 0.232 e. The molecule has 0 aliphatic carbocycles. The first-order chi connectivity index (χ1) is 14.2. The number of carbonyl (C=O) groups excluding carboxylic acids is 1. The highest BCUT2D eigenvalue weighted by Gasteiger charge is 2.19. The number of ether oxygens (including phenoxy) is 1. The lowest BCUT2D eigenvalue weighted by atomic mass is 9.97. The molecule has 0 spiro atoms. The fourth-order valence-electron chi connectivity index (χ4n) is 3.50. The number of nitrogens with one attached hydrogen (secondary N) is 1. The van der Waals surface area contributed by atoms with Gasteiger partial charge in [0, 0.05) is 13.0 Å². The molecule has 1 N–H and O–H groups in total. The van der Waals surface area contributed by atoms with Gasteiger partial charge < -0.3 is 10.1 Å². The number of carbonyl (C=O) groups is 1. The number of nitrogens with zero attached hydrogens (tertiary/aromatic N) is 1. The zero-order valence-corrected chi connectivity index (χ0v) is 19.3. The van der Waals surface area contributed by atoms with Gasteiger partial charge in [-0.05, 0) is 62.1 Å². The average molecular weight is 433 g/mol. The van der Waals surface area contributed by atoms with Gasteiger partial charge in [-0.25, -0.2) is 8.42 Å². The van der Waals surface area contributed by atoms with E-state index >= 15 is 0 Å². The van der Waals surface area contributed by atoms with Crippen LogP contribution in [0.2, 0.25) is 0 Å². The maximum atomic E-state index is 12.5. The topological polar surface area (TPSA) is 75.7 Å². The monoisotopic (exact) mass is 432 g/mol. The Morgan fingerprint density at radius 2 is 1.80 bits per heavy atom. The molecule has 2 rings (SSSR count). The molecule has 6 nitrogen and oxygen atoms in total. The molecule has 30 heavy (non-hydrogen) atoms. The minimum atomic E-state index is -3.46. The lowest BCUT2D eigenvalue weighted by molar-refractivity contribution is -0.121. The van der Waals surface area contributed by atoms with Crippen LogP contribution in [-0.2, 0) is 14.8 Å². The quantitative estimate of drug-likeness (QED) is 0.613. The summed E-state index contributed by atoms with van der Waals surface area (Å²) in [7, 11) is -1.90. The van der Waals surface area contributed by atoms with Crippen LogP contribution in [0.5, 0.6) is 5.75 Å². The van der Waals surface area contributed by atoms with Gasteiger partial charge in [-0.1, -0.05) is 30.7 Å². The Labute approximate surface area is 180 Å². The zero-order chi connectivity index (χ0) is 22.3. The Balaban J connectivity index is 1.99. The third-order valence-electron chi connectivity index (χ3n) is 5.07. The molecule has 0 aliphatic rings. The predicted octanol–water partition coefficient (Wildman–Crippen LogP) is 4.13. The van der Waals surface area contributed by atoms with Crippen LogP contribution in [0, 0.1) is 13.8 Å². The standard InChI is InChI=1S/C23H32N2O4S/c1-6-22(21-14-9-17(2)16-18(21)3)24-23(26)8-7-15-25(30(5,27)28)19-10-12-20(29-4)13-11-19/h9-14,16,22H,6-8,15H2,1-5H3,(H,24,26)/t22-/m1/s1. The van der Waals surface area contributed by atoms with Crippen molar-refractivity contribution >= 4 is 21.6 Å². The molecule has 0 aromatic heterocycles. The highest BCUT2D eigenvalue weighted by Crippen LogP contribution is 2.23. The summed E-state index contributed by atoms with van der Waals surface area (Å²) in [6.07, 6.45) is 2.64. The fourth-order valence-corrected chi connectivity index (χ4v) is 4.47. The third kappa shape index (κ3) is 6.49. The van der Waals surface area contributed by atoms with Crippen molar-refractivity contribution in [2.45, 2.75) is 46.1 Å². The highest BCUT2D eigenvalue weighted by atomic mass is 32.2. The normalized spacial score (nSPS) is 12.3. The summed E-state index contributed by atoms with van der Waals surface area (Å²) < 4.78 is 30.9. The lowest BCUT2D eigenvalue weighted by Gasteiger charge is -2.23. The Morgan fingerprint density at radius 1 is 1.13 bits per heavy atom. The smallest absolute Gasteiger partial charge is 0.232 e. The summed E-state index contributed by atoms with van der Waals surface area (Å²) in [6.45, 7) is 6.38. The molecule has 0 saturated carbocycles. The van der Waals surface area contributed by atoms with E-state index in [1.165, 1.54) is 16.1 Å². The van der Waals surface area contributed by atoms with Crippen LogP contribution in [0.4, 0.5) is 5.69 Å². The second-order valence-electron chi connectivity index (χ2n) is 7.53. The molecule has 2 aromatic rings. The molecule has 1 atom stereocenters. The van der Waals surface area contributed by atoms with Gasteiger partial charge in [0.15, 0.2) is 0 Å². The van der Waals surface area contributed by atoms with Gasteiger partial charge in [-0.15, -0.1) is 0 Å². The molecule has 7 heteroatoms. The van der Waals surface area contributed by atoms with Crippen molar-refractivity contribution in [2.24, 2.45) is 0 Å². The molecular weight excluding hydrogens is 400 g/mol. The second-order valence-corrected chi connectivity index (χ2v) is 9.43. The van der Waals surface area contributed by atoms with Crippen molar-refractivity contribution in [3.63, 3.8) is 0 Å². The van der Waals surface area contributed by atoms with Gasteiger partial charge in [0.25, 0.3) is 0 Å². The Hall–Kier alpha value is -2.54. The van der Waals surface area contributed by atoms with Crippen LogP contribution in [0.25, 0.3) is 0 Å². The Kier molecular flexibility index (Phi) is 8.29. The van der Waals surface area contributed by atoms with E-state index in [9.17, 15) is 13.2 Å². The van der Waals surface area contributed by atoms with E-state index in [2.05, 4.69) is 30.4 Å². The van der Waals surface area contributed by atoms with Crippen LogP contribution < -0.4 is 14.4 Å². The van der Waals surface area contributed by atoms with Gasteiger partial charge in [0.2, 0.25) is 15.9 Å². The fraction of sp³-hybridized carbons (Fsp3) is 0.435. The molecule has 0 bridgehead atoms. The first kappa shape index (κ1) is 23.7. The Bertz CT molecular complexity index is 956. The van der Waals surface area contributed by atoms with Gasteiger partial charge in [-0.2, -0.15) is 0 Å². The van der Waals surface area contributed by atoms with E-state index in [-0.39, 0.29) is 24.9 Å².